The molecule has 0 atom stereocenters. The summed E-state index contributed by atoms with van der Waals surface area (Å²) < 4.78 is 10.3. The Hall–Kier alpha value is -3.02. The molecule has 0 unspecified atom stereocenters. The number of rotatable bonds is 6. The first-order chi connectivity index (χ1) is 11.9. The summed E-state index contributed by atoms with van der Waals surface area (Å²) in [5.74, 6) is -0.583. The van der Waals surface area contributed by atoms with Gasteiger partial charge in [0.05, 0.1) is 7.11 Å². The summed E-state index contributed by atoms with van der Waals surface area (Å²) in [5, 5.41) is 9.72. The molecule has 0 heterocycles. The van der Waals surface area contributed by atoms with Crippen molar-refractivity contribution in [1.82, 2.24) is 4.90 Å². The fourth-order valence-electron chi connectivity index (χ4n) is 2.31. The molecule has 0 aliphatic heterocycles. The van der Waals surface area contributed by atoms with E-state index in [9.17, 15) is 14.7 Å². The number of carbonyl (C=O) groups excluding carboxylic acids is 2. The smallest absolute Gasteiger partial charge is 0.342 e. The molecule has 6 nitrogen and oxygen atoms in total. The highest BCUT2D eigenvalue weighted by molar-refractivity contribution is 5.94. The second-order valence-electron chi connectivity index (χ2n) is 5.66. The van der Waals surface area contributed by atoms with Crippen LogP contribution in [0.2, 0.25) is 0 Å². The van der Waals surface area contributed by atoms with E-state index in [0.717, 1.165) is 11.1 Å². The molecule has 0 fully saturated rings. The Morgan fingerprint density at radius 3 is 2.60 bits per heavy atom. The van der Waals surface area contributed by atoms with Crippen LogP contribution >= 0.6 is 0 Å². The van der Waals surface area contributed by atoms with Crippen molar-refractivity contribution in [2.24, 2.45) is 0 Å². The largest absolute Gasteiger partial charge is 0.507 e. The summed E-state index contributed by atoms with van der Waals surface area (Å²) in [4.78, 5) is 25.7. The van der Waals surface area contributed by atoms with Crippen molar-refractivity contribution >= 4 is 11.9 Å². The highest BCUT2D eigenvalue weighted by Crippen LogP contribution is 2.20. The maximum absolute atomic E-state index is 12.2. The monoisotopic (exact) mass is 343 g/mol. The van der Waals surface area contributed by atoms with Gasteiger partial charge in [0.15, 0.2) is 6.61 Å². The highest BCUT2D eigenvalue weighted by atomic mass is 16.5. The third kappa shape index (κ3) is 4.73. The molecule has 1 N–H and O–H groups in total. The van der Waals surface area contributed by atoms with E-state index in [1.165, 1.54) is 17.0 Å². The minimum absolute atomic E-state index is 0.0418. The molecule has 6 heteroatoms. The average Bonchev–Trinajstić information content (AvgIpc) is 2.61. The number of phenols is 1. The molecular formula is C19H21NO5. The van der Waals surface area contributed by atoms with Crippen LogP contribution in [-0.2, 0) is 16.1 Å². The predicted molar refractivity (Wildman–Crippen MR) is 92.6 cm³/mol. The van der Waals surface area contributed by atoms with E-state index < -0.39 is 12.6 Å². The fourth-order valence-corrected chi connectivity index (χ4v) is 2.31. The number of esters is 1. The molecule has 2 rings (SSSR count). The van der Waals surface area contributed by atoms with Gasteiger partial charge in [0.2, 0.25) is 0 Å². The summed E-state index contributed by atoms with van der Waals surface area (Å²) in [6.07, 6.45) is 0. The highest BCUT2D eigenvalue weighted by Gasteiger charge is 2.17. The van der Waals surface area contributed by atoms with E-state index in [-0.39, 0.29) is 17.2 Å². The normalized spacial score (nSPS) is 10.2. The number of aryl methyl sites for hydroxylation is 1. The van der Waals surface area contributed by atoms with Crippen LogP contribution in [0, 0.1) is 6.92 Å². The van der Waals surface area contributed by atoms with Gasteiger partial charge in [-0.2, -0.15) is 0 Å². The lowest BCUT2D eigenvalue weighted by Gasteiger charge is -2.18. The van der Waals surface area contributed by atoms with Gasteiger partial charge in [0, 0.05) is 19.2 Å². The molecule has 132 valence electrons. The first kappa shape index (κ1) is 18.3. The van der Waals surface area contributed by atoms with E-state index in [1.807, 2.05) is 24.3 Å². The first-order valence-corrected chi connectivity index (χ1v) is 7.75. The standard InChI is InChI=1S/C19H21NO5/c1-13-8-9-16(21)15(10-13)19(23)25-12-18(22)20(2)11-14-6-4-5-7-17(14)24-3/h4-10,21H,11-12H2,1-3H3. The van der Waals surface area contributed by atoms with Gasteiger partial charge < -0.3 is 19.5 Å². The van der Waals surface area contributed by atoms with Crippen molar-refractivity contribution in [1.29, 1.82) is 0 Å². The molecule has 0 bridgehead atoms. The number of phenolic OH excluding ortho intramolecular Hbond substituents is 1. The van der Waals surface area contributed by atoms with Gasteiger partial charge in [-0.05, 0) is 25.1 Å². The van der Waals surface area contributed by atoms with Crippen molar-refractivity contribution in [2.75, 3.05) is 20.8 Å². The van der Waals surface area contributed by atoms with Crippen LogP contribution in [-0.4, -0.2) is 42.6 Å². The number of hydrogen-bond acceptors (Lipinski definition) is 5. The molecule has 0 aliphatic carbocycles. The number of aromatic hydroxyl groups is 1. The number of nitrogens with zero attached hydrogens (tertiary/aromatic N) is 1. The summed E-state index contributed by atoms with van der Waals surface area (Å²) in [6, 6.07) is 12.0. The summed E-state index contributed by atoms with van der Waals surface area (Å²) in [5.41, 5.74) is 1.70. The molecule has 0 aromatic heterocycles. The zero-order valence-electron chi connectivity index (χ0n) is 14.5. The van der Waals surface area contributed by atoms with E-state index in [4.69, 9.17) is 9.47 Å². The van der Waals surface area contributed by atoms with Crippen molar-refractivity contribution in [3.63, 3.8) is 0 Å². The number of para-hydroxylation sites is 1. The Morgan fingerprint density at radius 2 is 1.88 bits per heavy atom. The zero-order chi connectivity index (χ0) is 18.4. The van der Waals surface area contributed by atoms with Gasteiger partial charge in [-0.15, -0.1) is 0 Å². The zero-order valence-corrected chi connectivity index (χ0v) is 14.5. The third-order valence-electron chi connectivity index (χ3n) is 3.72. The molecular weight excluding hydrogens is 322 g/mol. The van der Waals surface area contributed by atoms with Crippen LogP contribution in [0.4, 0.5) is 0 Å². The molecule has 0 saturated heterocycles. The van der Waals surface area contributed by atoms with Crippen molar-refractivity contribution in [3.8, 4) is 11.5 Å². The fraction of sp³-hybridized carbons (Fsp3) is 0.263. The molecule has 0 spiro atoms. The second-order valence-corrected chi connectivity index (χ2v) is 5.66. The minimum atomic E-state index is -0.736. The second kappa shape index (κ2) is 8.19. The van der Waals surface area contributed by atoms with Crippen molar-refractivity contribution < 1.29 is 24.2 Å². The van der Waals surface area contributed by atoms with Crippen LogP contribution in [0.25, 0.3) is 0 Å². The lowest BCUT2D eigenvalue weighted by atomic mass is 10.1. The minimum Gasteiger partial charge on any atom is -0.507 e. The third-order valence-corrected chi connectivity index (χ3v) is 3.72. The lowest BCUT2D eigenvalue weighted by molar-refractivity contribution is -0.133. The Kier molecular flexibility index (Phi) is 6.00. The van der Waals surface area contributed by atoms with Gasteiger partial charge in [-0.1, -0.05) is 29.8 Å². The number of amides is 1. The maximum atomic E-state index is 12.2. The van der Waals surface area contributed by atoms with Gasteiger partial charge in [-0.3, -0.25) is 4.79 Å². The maximum Gasteiger partial charge on any atom is 0.342 e. The quantitative estimate of drug-likeness (QED) is 0.816. The topological polar surface area (TPSA) is 76.1 Å². The molecule has 25 heavy (non-hydrogen) atoms. The molecule has 0 saturated carbocycles. The van der Waals surface area contributed by atoms with E-state index in [0.29, 0.717) is 12.3 Å². The average molecular weight is 343 g/mol. The van der Waals surface area contributed by atoms with Gasteiger partial charge in [0.1, 0.15) is 17.1 Å². The van der Waals surface area contributed by atoms with Crippen LogP contribution in [0.3, 0.4) is 0 Å². The van der Waals surface area contributed by atoms with Gasteiger partial charge in [-0.25, -0.2) is 4.79 Å². The number of hydrogen-bond donors (Lipinski definition) is 1. The van der Waals surface area contributed by atoms with Gasteiger partial charge in [0.25, 0.3) is 5.91 Å². The van der Waals surface area contributed by atoms with Gasteiger partial charge >= 0.3 is 5.97 Å². The van der Waals surface area contributed by atoms with E-state index in [1.54, 1.807) is 27.1 Å². The van der Waals surface area contributed by atoms with Crippen LogP contribution in [0.15, 0.2) is 42.5 Å². The number of methoxy groups -OCH3 is 1. The molecule has 2 aromatic carbocycles. The Bertz CT molecular complexity index is 772. The predicted octanol–water partition coefficient (Wildman–Crippen LogP) is 2.52. The van der Waals surface area contributed by atoms with Crippen LogP contribution < -0.4 is 4.74 Å². The Balaban J connectivity index is 1.95. The van der Waals surface area contributed by atoms with Crippen molar-refractivity contribution in [2.45, 2.75) is 13.5 Å². The SMILES string of the molecule is COc1ccccc1CN(C)C(=O)COC(=O)c1cc(C)ccc1O. The first-order valence-electron chi connectivity index (χ1n) is 7.75. The number of carbonyl (C=O) groups is 2. The Morgan fingerprint density at radius 1 is 1.16 bits per heavy atom. The van der Waals surface area contributed by atoms with E-state index in [2.05, 4.69) is 0 Å². The van der Waals surface area contributed by atoms with Crippen molar-refractivity contribution in [3.05, 3.63) is 59.2 Å². The summed E-state index contributed by atoms with van der Waals surface area (Å²) in [7, 11) is 3.18. The number of benzene rings is 2. The van der Waals surface area contributed by atoms with Crippen LogP contribution in [0.5, 0.6) is 11.5 Å². The van der Waals surface area contributed by atoms with Crippen LogP contribution in [0.1, 0.15) is 21.5 Å². The number of likely N-dealkylation sites (N-methyl/N-ethyl adjacent to an activating group) is 1. The molecule has 0 radical (unpaired) electrons. The lowest BCUT2D eigenvalue weighted by Crippen LogP contribution is -2.31. The molecule has 1 amide bonds. The summed E-state index contributed by atoms with van der Waals surface area (Å²) in [6.45, 7) is 1.72. The molecule has 2 aromatic rings. The van der Waals surface area contributed by atoms with E-state index >= 15 is 0 Å². The summed E-state index contributed by atoms with van der Waals surface area (Å²) >= 11 is 0. The molecule has 0 aliphatic rings. The Labute approximate surface area is 146 Å². The number of ether oxygens (including phenoxy) is 2.